The zero-order valence-corrected chi connectivity index (χ0v) is 11.5. The molecule has 0 aromatic heterocycles. The van der Waals surface area contributed by atoms with Gasteiger partial charge in [0.05, 0.1) is 11.7 Å². The Labute approximate surface area is 105 Å². The van der Waals surface area contributed by atoms with E-state index in [2.05, 4.69) is 19.9 Å². The molecule has 0 spiro atoms. The second-order valence-electron chi connectivity index (χ2n) is 6.83. The molecule has 2 nitrogen and oxygen atoms in total. The smallest absolute Gasteiger partial charge is 0.0654 e. The first-order valence-corrected chi connectivity index (χ1v) is 6.88. The summed E-state index contributed by atoms with van der Waals surface area (Å²) in [5.41, 5.74) is 0.699. The van der Waals surface area contributed by atoms with Crippen molar-refractivity contribution in [2.24, 2.45) is 17.3 Å². The van der Waals surface area contributed by atoms with E-state index in [-0.39, 0.29) is 17.4 Å². The van der Waals surface area contributed by atoms with Gasteiger partial charge in [0.25, 0.3) is 0 Å². The molecule has 0 unspecified atom stereocenters. The Balaban J connectivity index is 2.34. The van der Waals surface area contributed by atoms with E-state index in [0.29, 0.717) is 5.92 Å². The van der Waals surface area contributed by atoms with Gasteiger partial charge in [-0.25, -0.2) is 0 Å². The standard InChI is InChI=1S/C15H26O2/c1-10-5-6-13(16)15(4)8-7-11(9-12(10)15)14(2,3)17/h9-11,13,16-17H,5-8H2,1-4H3/t10-,11-,13+,15+/m0/s1. The van der Waals surface area contributed by atoms with Gasteiger partial charge in [0.1, 0.15) is 0 Å². The molecule has 0 aliphatic heterocycles. The van der Waals surface area contributed by atoms with Crippen molar-refractivity contribution in [1.29, 1.82) is 0 Å². The van der Waals surface area contributed by atoms with Gasteiger partial charge in [0, 0.05) is 11.3 Å². The third kappa shape index (κ3) is 2.17. The fourth-order valence-electron chi connectivity index (χ4n) is 3.62. The number of hydrogen-bond acceptors (Lipinski definition) is 2. The summed E-state index contributed by atoms with van der Waals surface area (Å²) < 4.78 is 0. The van der Waals surface area contributed by atoms with Gasteiger partial charge in [0.2, 0.25) is 0 Å². The number of aliphatic hydroxyl groups excluding tert-OH is 1. The zero-order valence-electron chi connectivity index (χ0n) is 11.5. The average Bonchev–Trinajstić information content (AvgIpc) is 2.22. The maximum atomic E-state index is 10.3. The lowest BCUT2D eigenvalue weighted by Gasteiger charge is -2.49. The maximum Gasteiger partial charge on any atom is 0.0654 e. The molecule has 0 aromatic rings. The number of fused-ring (bicyclic) bond motifs is 1. The minimum Gasteiger partial charge on any atom is -0.392 e. The second-order valence-corrected chi connectivity index (χ2v) is 6.83. The van der Waals surface area contributed by atoms with Gasteiger partial charge in [-0.1, -0.05) is 25.5 Å². The summed E-state index contributed by atoms with van der Waals surface area (Å²) in [6, 6.07) is 0. The summed E-state index contributed by atoms with van der Waals surface area (Å²) in [4.78, 5) is 0. The molecule has 1 fully saturated rings. The van der Waals surface area contributed by atoms with Crippen molar-refractivity contribution in [3.05, 3.63) is 11.6 Å². The molecule has 2 aliphatic carbocycles. The van der Waals surface area contributed by atoms with Gasteiger partial charge in [-0.15, -0.1) is 0 Å². The van der Waals surface area contributed by atoms with Crippen LogP contribution in [-0.4, -0.2) is 21.9 Å². The van der Waals surface area contributed by atoms with E-state index in [1.165, 1.54) is 5.57 Å². The summed E-state index contributed by atoms with van der Waals surface area (Å²) in [6.07, 6.45) is 6.03. The molecule has 0 bridgehead atoms. The van der Waals surface area contributed by atoms with E-state index in [9.17, 15) is 10.2 Å². The lowest BCUT2D eigenvalue weighted by molar-refractivity contribution is -0.0157. The van der Waals surface area contributed by atoms with E-state index in [4.69, 9.17) is 0 Å². The summed E-state index contributed by atoms with van der Waals surface area (Å²) in [6.45, 7) is 8.23. The second kappa shape index (κ2) is 4.10. The predicted molar refractivity (Wildman–Crippen MR) is 69.6 cm³/mol. The van der Waals surface area contributed by atoms with Crippen LogP contribution in [0.5, 0.6) is 0 Å². The lowest BCUT2D eigenvalue weighted by atomic mass is 9.58. The SMILES string of the molecule is C[C@H]1CC[C@@H](O)[C@]2(C)CC[C@H](C(C)(C)O)C=C12. The van der Waals surface area contributed by atoms with Crippen molar-refractivity contribution in [3.8, 4) is 0 Å². The van der Waals surface area contributed by atoms with Crippen LogP contribution in [0.25, 0.3) is 0 Å². The fourth-order valence-corrected chi connectivity index (χ4v) is 3.62. The highest BCUT2D eigenvalue weighted by atomic mass is 16.3. The van der Waals surface area contributed by atoms with Gasteiger partial charge >= 0.3 is 0 Å². The fraction of sp³-hybridized carbons (Fsp3) is 0.867. The van der Waals surface area contributed by atoms with Crippen molar-refractivity contribution in [3.63, 3.8) is 0 Å². The predicted octanol–water partition coefficient (Wildman–Crippen LogP) is 2.89. The number of hydrogen-bond donors (Lipinski definition) is 2. The van der Waals surface area contributed by atoms with Crippen molar-refractivity contribution in [2.45, 2.75) is 65.1 Å². The van der Waals surface area contributed by atoms with Crippen LogP contribution in [0, 0.1) is 17.3 Å². The van der Waals surface area contributed by atoms with Crippen molar-refractivity contribution >= 4 is 0 Å². The first-order chi connectivity index (χ1) is 7.75. The molecule has 1 saturated carbocycles. The third-order valence-electron chi connectivity index (χ3n) is 5.06. The Morgan fingerprint density at radius 2 is 1.94 bits per heavy atom. The van der Waals surface area contributed by atoms with Crippen molar-refractivity contribution in [2.75, 3.05) is 0 Å². The van der Waals surface area contributed by atoms with Crippen LogP contribution in [0.2, 0.25) is 0 Å². The van der Waals surface area contributed by atoms with Crippen LogP contribution in [0.15, 0.2) is 11.6 Å². The highest BCUT2D eigenvalue weighted by molar-refractivity contribution is 5.26. The van der Waals surface area contributed by atoms with E-state index in [0.717, 1.165) is 25.7 Å². The van der Waals surface area contributed by atoms with Crippen LogP contribution < -0.4 is 0 Å². The molecule has 0 radical (unpaired) electrons. The normalized spacial score (nSPS) is 42.9. The van der Waals surface area contributed by atoms with E-state index < -0.39 is 5.60 Å². The molecule has 2 heteroatoms. The molecule has 0 aromatic carbocycles. The third-order valence-corrected chi connectivity index (χ3v) is 5.06. The Bertz CT molecular complexity index is 326. The molecular formula is C15H26O2. The molecular weight excluding hydrogens is 212 g/mol. The molecule has 0 heterocycles. The van der Waals surface area contributed by atoms with E-state index in [1.54, 1.807) is 0 Å². The van der Waals surface area contributed by atoms with Crippen LogP contribution in [0.1, 0.15) is 53.4 Å². The minimum atomic E-state index is -0.642. The Hall–Kier alpha value is -0.340. The summed E-state index contributed by atoms with van der Waals surface area (Å²) in [5.74, 6) is 0.784. The van der Waals surface area contributed by atoms with Gasteiger partial charge in [-0.3, -0.25) is 0 Å². The quantitative estimate of drug-likeness (QED) is 0.690. The summed E-state index contributed by atoms with van der Waals surface area (Å²) in [5, 5.41) is 20.4. The monoisotopic (exact) mass is 238 g/mol. The van der Waals surface area contributed by atoms with Gasteiger partial charge < -0.3 is 10.2 Å². The summed E-state index contributed by atoms with van der Waals surface area (Å²) in [7, 11) is 0. The van der Waals surface area contributed by atoms with Crippen molar-refractivity contribution < 1.29 is 10.2 Å². The maximum absolute atomic E-state index is 10.3. The molecule has 0 saturated heterocycles. The van der Waals surface area contributed by atoms with Crippen LogP contribution in [-0.2, 0) is 0 Å². The molecule has 98 valence electrons. The molecule has 17 heavy (non-hydrogen) atoms. The molecule has 4 atom stereocenters. The van der Waals surface area contributed by atoms with E-state index in [1.807, 2.05) is 13.8 Å². The topological polar surface area (TPSA) is 40.5 Å². The highest BCUT2D eigenvalue weighted by Crippen LogP contribution is 2.51. The zero-order chi connectivity index (χ0) is 12.8. The molecule has 2 aliphatic rings. The van der Waals surface area contributed by atoms with Crippen LogP contribution in [0.3, 0.4) is 0 Å². The molecule has 2 N–H and O–H groups in total. The first-order valence-electron chi connectivity index (χ1n) is 6.88. The largest absolute Gasteiger partial charge is 0.392 e. The average molecular weight is 238 g/mol. The van der Waals surface area contributed by atoms with Crippen LogP contribution in [0.4, 0.5) is 0 Å². The van der Waals surface area contributed by atoms with Gasteiger partial charge in [0.15, 0.2) is 0 Å². The Kier molecular flexibility index (Phi) is 3.16. The van der Waals surface area contributed by atoms with Crippen molar-refractivity contribution in [1.82, 2.24) is 0 Å². The first kappa shape index (κ1) is 13.1. The minimum absolute atomic E-state index is 0.0422. The molecule has 0 amide bonds. The number of rotatable bonds is 1. The van der Waals surface area contributed by atoms with Gasteiger partial charge in [-0.05, 0) is 45.4 Å². The Morgan fingerprint density at radius 1 is 1.29 bits per heavy atom. The van der Waals surface area contributed by atoms with Crippen LogP contribution >= 0.6 is 0 Å². The van der Waals surface area contributed by atoms with E-state index >= 15 is 0 Å². The lowest BCUT2D eigenvalue weighted by Crippen LogP contribution is -2.45. The Morgan fingerprint density at radius 3 is 2.53 bits per heavy atom. The highest BCUT2D eigenvalue weighted by Gasteiger charge is 2.46. The number of aliphatic hydroxyl groups is 2. The molecule has 2 rings (SSSR count). The van der Waals surface area contributed by atoms with Gasteiger partial charge in [-0.2, -0.15) is 0 Å². The summed E-state index contributed by atoms with van der Waals surface area (Å²) >= 11 is 0.